The number of rotatable bonds is 2. The van der Waals surface area contributed by atoms with E-state index in [4.69, 9.17) is 4.98 Å². The van der Waals surface area contributed by atoms with E-state index in [2.05, 4.69) is 20.1 Å². The van der Waals surface area contributed by atoms with Crippen molar-refractivity contribution in [1.29, 1.82) is 0 Å². The summed E-state index contributed by atoms with van der Waals surface area (Å²) < 4.78 is 24.0. The Kier molecular flexibility index (Phi) is 4.10. The molecule has 1 N–H and O–H groups in total. The minimum absolute atomic E-state index is 0.0125. The van der Waals surface area contributed by atoms with Gasteiger partial charge in [-0.25, -0.2) is 13.4 Å². The predicted octanol–water partition coefficient (Wildman–Crippen LogP) is -0.395. The molecule has 126 valence electrons. The van der Waals surface area contributed by atoms with E-state index in [0.717, 1.165) is 49.5 Å². The monoisotopic (exact) mass is 355 g/mol. The molecule has 3 fully saturated rings. The van der Waals surface area contributed by atoms with Crippen LogP contribution in [0.4, 0.5) is 11.8 Å². The van der Waals surface area contributed by atoms with Crippen molar-refractivity contribution in [2.45, 2.75) is 12.1 Å². The fraction of sp³-hybridized carbons (Fsp3) is 0.714. The summed E-state index contributed by atoms with van der Waals surface area (Å²) in [5.74, 6) is 4.26. The maximum Gasteiger partial charge on any atom is 0.227 e. The number of aromatic nitrogens is 2. The first kappa shape index (κ1) is 15.5. The van der Waals surface area contributed by atoms with E-state index in [1.54, 1.807) is 6.20 Å². The normalized spacial score (nSPS) is 30.3. The van der Waals surface area contributed by atoms with Crippen LogP contribution < -0.4 is 15.1 Å². The molecule has 3 aliphatic heterocycles. The van der Waals surface area contributed by atoms with E-state index in [-0.39, 0.29) is 23.6 Å². The van der Waals surface area contributed by atoms with Gasteiger partial charge >= 0.3 is 0 Å². The largest absolute Gasteiger partial charge is 0.350 e. The molecule has 0 aromatic carbocycles. The van der Waals surface area contributed by atoms with Crippen molar-refractivity contribution < 1.29 is 8.42 Å². The molecule has 0 radical (unpaired) electrons. The molecule has 2 atom stereocenters. The van der Waals surface area contributed by atoms with Crippen LogP contribution in [0, 0.1) is 0 Å². The molecule has 7 nitrogen and oxygen atoms in total. The van der Waals surface area contributed by atoms with Crippen molar-refractivity contribution in [3.63, 3.8) is 0 Å². The third-order valence-corrected chi connectivity index (χ3v) is 7.36. The molecule has 0 saturated carbocycles. The number of nitrogens with one attached hydrogen (secondary N) is 1. The zero-order chi connectivity index (χ0) is 15.9. The molecule has 4 heterocycles. The quantitative estimate of drug-likeness (QED) is 0.768. The third kappa shape index (κ3) is 3.14. The maximum atomic E-state index is 12.0. The molecular weight excluding hydrogens is 334 g/mol. The van der Waals surface area contributed by atoms with Gasteiger partial charge in [0.1, 0.15) is 5.82 Å². The van der Waals surface area contributed by atoms with Crippen LogP contribution in [-0.4, -0.2) is 79.7 Å². The minimum Gasteiger partial charge on any atom is -0.350 e. The van der Waals surface area contributed by atoms with Crippen LogP contribution in [0.3, 0.4) is 0 Å². The van der Waals surface area contributed by atoms with E-state index in [1.165, 1.54) is 0 Å². The van der Waals surface area contributed by atoms with Crippen molar-refractivity contribution in [2.24, 2.45) is 0 Å². The zero-order valence-corrected chi connectivity index (χ0v) is 14.5. The van der Waals surface area contributed by atoms with Crippen LogP contribution in [-0.2, 0) is 9.84 Å². The summed E-state index contributed by atoms with van der Waals surface area (Å²) in [5, 5.41) is 3.34. The van der Waals surface area contributed by atoms with Crippen LogP contribution in [0.25, 0.3) is 0 Å². The second-order valence-corrected chi connectivity index (χ2v) is 9.59. The summed E-state index contributed by atoms with van der Waals surface area (Å²) in [6.07, 6.45) is 1.79. The highest BCUT2D eigenvalue weighted by molar-refractivity contribution is 7.99. The predicted molar refractivity (Wildman–Crippen MR) is 93.1 cm³/mol. The third-order valence-electron chi connectivity index (χ3n) is 4.70. The molecule has 9 heteroatoms. The fourth-order valence-corrected chi connectivity index (χ4v) is 6.43. The molecular formula is C14H21N5O2S2. The second-order valence-electron chi connectivity index (χ2n) is 6.21. The number of sulfone groups is 1. The number of piperazine rings is 1. The summed E-state index contributed by atoms with van der Waals surface area (Å²) in [5.41, 5.74) is 0. The van der Waals surface area contributed by atoms with Gasteiger partial charge in [0, 0.05) is 49.9 Å². The number of anilines is 2. The molecule has 1 aromatic heterocycles. The summed E-state index contributed by atoms with van der Waals surface area (Å²) in [6.45, 7) is 3.51. The number of nitrogens with zero attached hydrogens (tertiary/aromatic N) is 4. The Bertz CT molecular complexity index is 678. The number of fused-ring (bicyclic) bond motifs is 1. The van der Waals surface area contributed by atoms with Gasteiger partial charge in [0.2, 0.25) is 5.95 Å². The van der Waals surface area contributed by atoms with Gasteiger partial charge in [-0.2, -0.15) is 16.7 Å². The maximum absolute atomic E-state index is 12.0. The smallest absolute Gasteiger partial charge is 0.227 e. The Morgan fingerprint density at radius 1 is 1.22 bits per heavy atom. The van der Waals surface area contributed by atoms with Gasteiger partial charge in [0.25, 0.3) is 0 Å². The van der Waals surface area contributed by atoms with Gasteiger partial charge in [-0.1, -0.05) is 0 Å². The molecule has 1 aromatic rings. The highest BCUT2D eigenvalue weighted by atomic mass is 32.2. The first-order valence-electron chi connectivity index (χ1n) is 7.99. The van der Waals surface area contributed by atoms with Gasteiger partial charge in [0.15, 0.2) is 9.84 Å². The van der Waals surface area contributed by atoms with E-state index < -0.39 is 9.84 Å². The lowest BCUT2D eigenvalue weighted by Crippen LogP contribution is -2.57. The van der Waals surface area contributed by atoms with Crippen LogP contribution in [0.15, 0.2) is 12.3 Å². The first-order valence-corrected chi connectivity index (χ1v) is 11.0. The average molecular weight is 355 g/mol. The van der Waals surface area contributed by atoms with Gasteiger partial charge in [-0.15, -0.1) is 0 Å². The standard InChI is InChI=1S/C14H21N5O2S2/c20-23(21)9-11-12(10-23)19(4-3-15-11)13-1-2-16-14(17-13)18-5-7-22-8-6-18/h1-2,11-12,15H,3-10H2/t11-,12+/m0/s1. The number of hydrogen-bond donors (Lipinski definition) is 1. The Morgan fingerprint density at radius 3 is 2.87 bits per heavy atom. The zero-order valence-electron chi connectivity index (χ0n) is 12.9. The molecule has 4 rings (SSSR count). The molecule has 3 saturated heterocycles. The lowest BCUT2D eigenvalue weighted by molar-refractivity contribution is 0.422. The van der Waals surface area contributed by atoms with E-state index >= 15 is 0 Å². The molecule has 0 aliphatic carbocycles. The highest BCUT2D eigenvalue weighted by Crippen LogP contribution is 2.26. The van der Waals surface area contributed by atoms with Crippen molar-refractivity contribution in [3.8, 4) is 0 Å². The SMILES string of the molecule is O=S1(=O)C[C@@H]2NCCN(c3ccnc(N4CCSCC4)n3)[C@@H]2C1. The van der Waals surface area contributed by atoms with Crippen LogP contribution in [0.1, 0.15) is 0 Å². The van der Waals surface area contributed by atoms with Crippen molar-refractivity contribution in [1.82, 2.24) is 15.3 Å². The topological polar surface area (TPSA) is 78.4 Å². The minimum atomic E-state index is -2.96. The Hall–Kier alpha value is -1.06. The molecule has 0 bridgehead atoms. The van der Waals surface area contributed by atoms with Crippen molar-refractivity contribution in [2.75, 3.05) is 59.0 Å². The van der Waals surface area contributed by atoms with Crippen LogP contribution >= 0.6 is 11.8 Å². The lowest BCUT2D eigenvalue weighted by atomic mass is 10.1. The van der Waals surface area contributed by atoms with Crippen LogP contribution in [0.5, 0.6) is 0 Å². The highest BCUT2D eigenvalue weighted by Gasteiger charge is 2.43. The molecule has 0 spiro atoms. The summed E-state index contributed by atoms with van der Waals surface area (Å²) in [7, 11) is -2.96. The van der Waals surface area contributed by atoms with E-state index in [1.807, 2.05) is 17.8 Å². The number of thioether (sulfide) groups is 1. The Balaban J connectivity index is 1.59. The molecule has 0 amide bonds. The lowest BCUT2D eigenvalue weighted by Gasteiger charge is -2.38. The Labute approximate surface area is 140 Å². The number of hydrogen-bond acceptors (Lipinski definition) is 8. The molecule has 0 unspecified atom stereocenters. The van der Waals surface area contributed by atoms with Gasteiger partial charge in [-0.05, 0) is 6.07 Å². The fourth-order valence-electron chi connectivity index (χ4n) is 3.57. The van der Waals surface area contributed by atoms with Gasteiger partial charge in [0.05, 0.1) is 17.5 Å². The summed E-state index contributed by atoms with van der Waals surface area (Å²) in [4.78, 5) is 13.5. The van der Waals surface area contributed by atoms with Crippen molar-refractivity contribution >= 4 is 33.4 Å². The van der Waals surface area contributed by atoms with E-state index in [9.17, 15) is 8.42 Å². The van der Waals surface area contributed by atoms with E-state index in [0.29, 0.717) is 0 Å². The molecule has 23 heavy (non-hydrogen) atoms. The first-order chi connectivity index (χ1) is 11.1. The van der Waals surface area contributed by atoms with Gasteiger partial charge in [-0.3, -0.25) is 0 Å². The molecule has 3 aliphatic rings. The van der Waals surface area contributed by atoms with Crippen LogP contribution in [0.2, 0.25) is 0 Å². The average Bonchev–Trinajstić information content (AvgIpc) is 2.89. The summed E-state index contributed by atoms with van der Waals surface area (Å²) in [6, 6.07) is 1.89. The Morgan fingerprint density at radius 2 is 2.04 bits per heavy atom. The second kappa shape index (κ2) is 6.10. The van der Waals surface area contributed by atoms with Crippen molar-refractivity contribution in [3.05, 3.63) is 12.3 Å². The van der Waals surface area contributed by atoms with Gasteiger partial charge < -0.3 is 15.1 Å². The summed E-state index contributed by atoms with van der Waals surface area (Å²) >= 11 is 1.96.